The van der Waals surface area contributed by atoms with Crippen LogP contribution < -0.4 is 15.5 Å². The maximum atomic E-state index is 12.3. The summed E-state index contributed by atoms with van der Waals surface area (Å²) in [4.78, 5) is 25.5. The van der Waals surface area contributed by atoms with Crippen molar-refractivity contribution in [3.05, 3.63) is 54.1 Å². The van der Waals surface area contributed by atoms with Crippen LogP contribution in [0.2, 0.25) is 0 Å². The molecule has 0 saturated carbocycles. The molecule has 0 unspecified atom stereocenters. The minimum Gasteiger partial charge on any atom is -0.362 e. The van der Waals surface area contributed by atoms with Gasteiger partial charge >= 0.3 is 0 Å². The Hall–Kier alpha value is -2.82. The molecule has 0 heterocycles. The van der Waals surface area contributed by atoms with Crippen LogP contribution in [0.3, 0.4) is 0 Å². The summed E-state index contributed by atoms with van der Waals surface area (Å²) in [6.07, 6.45) is 0. The highest BCUT2D eigenvalue weighted by Gasteiger charge is 2.10. The first-order chi connectivity index (χ1) is 11.5. The molecule has 0 radical (unpaired) electrons. The SMILES string of the molecule is CCN(CC(=O)Nc1cccc(NC(C)=O)c1)c1cccc(C)c1. The van der Waals surface area contributed by atoms with Crippen molar-refractivity contribution >= 4 is 28.9 Å². The predicted molar refractivity (Wildman–Crippen MR) is 98.4 cm³/mol. The first kappa shape index (κ1) is 17.5. The van der Waals surface area contributed by atoms with Crippen LogP contribution in [0.15, 0.2) is 48.5 Å². The molecule has 0 saturated heterocycles. The lowest BCUT2D eigenvalue weighted by molar-refractivity contribution is -0.115. The summed E-state index contributed by atoms with van der Waals surface area (Å²) in [6, 6.07) is 15.2. The number of amides is 2. The third kappa shape index (κ3) is 5.12. The number of carbonyl (C=O) groups excluding carboxylic acids is 2. The summed E-state index contributed by atoms with van der Waals surface area (Å²) < 4.78 is 0. The monoisotopic (exact) mass is 325 g/mol. The molecular weight excluding hydrogens is 302 g/mol. The van der Waals surface area contributed by atoms with Crippen LogP contribution in [0.4, 0.5) is 17.1 Å². The summed E-state index contributed by atoms with van der Waals surface area (Å²) in [6.45, 7) is 6.51. The zero-order valence-electron chi connectivity index (χ0n) is 14.3. The van der Waals surface area contributed by atoms with Gasteiger partial charge in [-0.25, -0.2) is 0 Å². The van der Waals surface area contributed by atoms with Crippen molar-refractivity contribution in [2.45, 2.75) is 20.8 Å². The first-order valence-electron chi connectivity index (χ1n) is 7.97. The summed E-state index contributed by atoms with van der Waals surface area (Å²) in [7, 11) is 0. The summed E-state index contributed by atoms with van der Waals surface area (Å²) >= 11 is 0. The highest BCUT2D eigenvalue weighted by Crippen LogP contribution is 2.17. The molecule has 126 valence electrons. The van der Waals surface area contributed by atoms with E-state index < -0.39 is 0 Å². The number of rotatable bonds is 6. The summed E-state index contributed by atoms with van der Waals surface area (Å²) in [5, 5.41) is 5.57. The van der Waals surface area contributed by atoms with E-state index in [0.717, 1.165) is 17.8 Å². The van der Waals surface area contributed by atoms with Crippen molar-refractivity contribution in [1.29, 1.82) is 0 Å². The van der Waals surface area contributed by atoms with Crippen LogP contribution in [0, 0.1) is 6.92 Å². The van der Waals surface area contributed by atoms with Gasteiger partial charge in [0, 0.05) is 30.5 Å². The molecule has 2 aromatic carbocycles. The number of anilines is 3. The van der Waals surface area contributed by atoms with Gasteiger partial charge in [-0.2, -0.15) is 0 Å². The lowest BCUT2D eigenvalue weighted by Gasteiger charge is -2.23. The van der Waals surface area contributed by atoms with E-state index in [-0.39, 0.29) is 18.4 Å². The summed E-state index contributed by atoms with van der Waals surface area (Å²) in [5.41, 5.74) is 3.51. The van der Waals surface area contributed by atoms with Crippen LogP contribution >= 0.6 is 0 Å². The number of hydrogen-bond acceptors (Lipinski definition) is 3. The van der Waals surface area contributed by atoms with Crippen molar-refractivity contribution in [2.75, 3.05) is 28.6 Å². The van der Waals surface area contributed by atoms with Gasteiger partial charge in [-0.1, -0.05) is 18.2 Å². The van der Waals surface area contributed by atoms with E-state index in [2.05, 4.69) is 16.7 Å². The fourth-order valence-electron chi connectivity index (χ4n) is 2.46. The molecule has 2 amide bonds. The molecule has 0 aliphatic rings. The Morgan fingerprint density at radius 1 is 1.00 bits per heavy atom. The van der Waals surface area contributed by atoms with Crippen molar-refractivity contribution in [3.63, 3.8) is 0 Å². The number of likely N-dealkylation sites (N-methyl/N-ethyl adjacent to an activating group) is 1. The minimum absolute atomic E-state index is 0.0988. The number of aryl methyl sites for hydroxylation is 1. The highest BCUT2D eigenvalue weighted by molar-refractivity contribution is 5.95. The first-order valence-corrected chi connectivity index (χ1v) is 7.97. The Labute approximate surface area is 142 Å². The smallest absolute Gasteiger partial charge is 0.243 e. The second-order valence-corrected chi connectivity index (χ2v) is 5.66. The van der Waals surface area contributed by atoms with E-state index >= 15 is 0 Å². The van der Waals surface area contributed by atoms with Crippen LogP contribution in [-0.2, 0) is 9.59 Å². The van der Waals surface area contributed by atoms with Gasteiger partial charge < -0.3 is 15.5 Å². The molecule has 2 rings (SSSR count). The topological polar surface area (TPSA) is 61.4 Å². The summed E-state index contributed by atoms with van der Waals surface area (Å²) in [5.74, 6) is -0.242. The fraction of sp³-hybridized carbons (Fsp3) is 0.263. The van der Waals surface area contributed by atoms with Crippen LogP contribution in [-0.4, -0.2) is 24.9 Å². The van der Waals surface area contributed by atoms with Crippen molar-refractivity contribution in [3.8, 4) is 0 Å². The van der Waals surface area contributed by atoms with E-state index in [4.69, 9.17) is 0 Å². The molecule has 0 aromatic heterocycles. The van der Waals surface area contributed by atoms with Crippen LogP contribution in [0.1, 0.15) is 19.4 Å². The molecule has 2 N–H and O–H groups in total. The standard InChI is InChI=1S/C19H23N3O2/c1-4-22(18-10-5-7-14(2)11-18)13-19(24)21-17-9-6-8-16(12-17)20-15(3)23/h5-12H,4,13H2,1-3H3,(H,20,23)(H,21,24). The molecule has 0 bridgehead atoms. The number of hydrogen-bond donors (Lipinski definition) is 2. The van der Waals surface area contributed by atoms with Crippen LogP contribution in [0.25, 0.3) is 0 Å². The molecule has 2 aromatic rings. The molecule has 0 fully saturated rings. The van der Waals surface area contributed by atoms with Crippen molar-refractivity contribution in [1.82, 2.24) is 0 Å². The zero-order chi connectivity index (χ0) is 17.5. The molecule has 0 aliphatic carbocycles. The van der Waals surface area contributed by atoms with E-state index in [9.17, 15) is 9.59 Å². The van der Waals surface area contributed by atoms with Gasteiger partial charge in [-0.15, -0.1) is 0 Å². The maximum absolute atomic E-state index is 12.3. The third-order valence-electron chi connectivity index (χ3n) is 3.55. The van der Waals surface area contributed by atoms with Gasteiger partial charge in [0.05, 0.1) is 6.54 Å². The average Bonchev–Trinajstić information content (AvgIpc) is 2.52. The Bertz CT molecular complexity index is 728. The van der Waals surface area contributed by atoms with E-state index in [0.29, 0.717) is 11.4 Å². The Morgan fingerprint density at radius 3 is 2.29 bits per heavy atom. The highest BCUT2D eigenvalue weighted by atomic mass is 16.2. The molecule has 24 heavy (non-hydrogen) atoms. The van der Waals surface area contributed by atoms with Crippen LogP contribution in [0.5, 0.6) is 0 Å². The predicted octanol–water partition coefficient (Wildman–Crippen LogP) is 3.42. The molecule has 0 spiro atoms. The average molecular weight is 325 g/mol. The lowest BCUT2D eigenvalue weighted by atomic mass is 10.2. The largest absolute Gasteiger partial charge is 0.362 e. The lowest BCUT2D eigenvalue weighted by Crippen LogP contribution is -2.33. The number of nitrogens with zero attached hydrogens (tertiary/aromatic N) is 1. The maximum Gasteiger partial charge on any atom is 0.243 e. The fourth-order valence-corrected chi connectivity index (χ4v) is 2.46. The minimum atomic E-state index is -0.143. The van der Waals surface area contributed by atoms with Gasteiger partial charge in [-0.3, -0.25) is 9.59 Å². The van der Waals surface area contributed by atoms with Gasteiger partial charge in [0.1, 0.15) is 0 Å². The Balaban J connectivity index is 2.02. The molecule has 5 heteroatoms. The van der Waals surface area contributed by atoms with E-state index in [1.165, 1.54) is 6.92 Å². The number of nitrogens with one attached hydrogen (secondary N) is 2. The Kier molecular flexibility index (Phi) is 5.95. The van der Waals surface area contributed by atoms with E-state index in [1.54, 1.807) is 24.3 Å². The third-order valence-corrected chi connectivity index (χ3v) is 3.55. The second kappa shape index (κ2) is 8.15. The molecular formula is C19H23N3O2. The molecule has 0 atom stereocenters. The number of carbonyl (C=O) groups is 2. The van der Waals surface area contributed by atoms with Crippen molar-refractivity contribution < 1.29 is 9.59 Å². The normalized spacial score (nSPS) is 10.1. The zero-order valence-corrected chi connectivity index (χ0v) is 14.3. The van der Waals surface area contributed by atoms with Gasteiger partial charge in [0.25, 0.3) is 0 Å². The van der Waals surface area contributed by atoms with Crippen molar-refractivity contribution in [2.24, 2.45) is 0 Å². The molecule has 5 nitrogen and oxygen atoms in total. The van der Waals surface area contributed by atoms with Gasteiger partial charge in [0.2, 0.25) is 11.8 Å². The van der Waals surface area contributed by atoms with E-state index in [1.807, 2.05) is 36.9 Å². The second-order valence-electron chi connectivity index (χ2n) is 5.66. The van der Waals surface area contributed by atoms with Gasteiger partial charge in [0.15, 0.2) is 0 Å². The quantitative estimate of drug-likeness (QED) is 0.855. The number of benzene rings is 2. The molecule has 0 aliphatic heterocycles. The Morgan fingerprint density at radius 2 is 1.67 bits per heavy atom. The van der Waals surface area contributed by atoms with Gasteiger partial charge in [-0.05, 0) is 49.7 Å².